The van der Waals surface area contributed by atoms with Crippen molar-refractivity contribution in [2.75, 3.05) is 6.61 Å². The Labute approximate surface area is 123 Å². The average molecular weight is 304 g/mol. The summed E-state index contributed by atoms with van der Waals surface area (Å²) >= 11 is 0. The molecule has 21 heavy (non-hydrogen) atoms. The van der Waals surface area contributed by atoms with Gasteiger partial charge in [-0.1, -0.05) is 0 Å². The van der Waals surface area contributed by atoms with E-state index < -0.39 is 19.2 Å². The Kier molecular flexibility index (Phi) is 5.61. The van der Waals surface area contributed by atoms with Crippen LogP contribution >= 0.6 is 0 Å². The Balaban J connectivity index is 2.85. The molecule has 0 aliphatic heterocycles. The first kappa shape index (κ1) is 17.8. The van der Waals surface area contributed by atoms with E-state index in [9.17, 15) is 13.2 Å². The number of aryl methyl sites for hydroxylation is 2. The Morgan fingerprint density at radius 1 is 1.19 bits per heavy atom. The van der Waals surface area contributed by atoms with Gasteiger partial charge in [0.15, 0.2) is 0 Å². The molecule has 0 spiro atoms. The third-order valence-corrected chi connectivity index (χ3v) is 2.86. The number of alkyl halides is 3. The second kappa shape index (κ2) is 6.64. The molecule has 0 aliphatic rings. The molecule has 0 saturated heterocycles. The molecule has 0 aromatic carbocycles. The molecule has 0 unspecified atom stereocenters. The molecule has 0 bridgehead atoms. The van der Waals surface area contributed by atoms with E-state index in [0.29, 0.717) is 6.54 Å². The second-order valence-electron chi connectivity index (χ2n) is 6.18. The number of nitrogens with zero attached hydrogens (tertiary/aromatic N) is 1. The van der Waals surface area contributed by atoms with E-state index >= 15 is 0 Å². The van der Waals surface area contributed by atoms with Crippen molar-refractivity contribution in [1.29, 1.82) is 0 Å². The molecule has 1 heterocycles. The van der Waals surface area contributed by atoms with Crippen LogP contribution in [-0.4, -0.2) is 23.3 Å². The van der Waals surface area contributed by atoms with Crippen LogP contribution in [0.3, 0.4) is 0 Å². The number of aromatic nitrogens is 1. The van der Waals surface area contributed by atoms with E-state index in [1.54, 1.807) is 6.92 Å². The van der Waals surface area contributed by atoms with Gasteiger partial charge in [-0.25, -0.2) is 4.98 Å². The van der Waals surface area contributed by atoms with Gasteiger partial charge in [0.05, 0.1) is 13.0 Å². The lowest BCUT2D eigenvalue weighted by Crippen LogP contribution is -2.35. The highest BCUT2D eigenvalue weighted by atomic mass is 19.4. The zero-order valence-electron chi connectivity index (χ0n) is 13.2. The summed E-state index contributed by atoms with van der Waals surface area (Å²) in [4.78, 5) is 4.22. The van der Waals surface area contributed by atoms with Crippen molar-refractivity contribution in [3.8, 4) is 5.88 Å². The summed E-state index contributed by atoms with van der Waals surface area (Å²) in [5, 5.41) is 3.30. The predicted molar refractivity (Wildman–Crippen MR) is 76.5 cm³/mol. The molecular weight excluding hydrogens is 281 g/mol. The largest absolute Gasteiger partial charge is 0.477 e. The Bertz CT molecular complexity index is 479. The van der Waals surface area contributed by atoms with Gasteiger partial charge >= 0.3 is 6.18 Å². The molecule has 0 saturated carbocycles. The zero-order valence-corrected chi connectivity index (χ0v) is 13.2. The molecule has 6 heteroatoms. The third-order valence-electron chi connectivity index (χ3n) is 2.86. The van der Waals surface area contributed by atoms with Crippen LogP contribution < -0.4 is 10.1 Å². The topological polar surface area (TPSA) is 34.1 Å². The van der Waals surface area contributed by atoms with E-state index in [1.807, 2.05) is 33.8 Å². The van der Waals surface area contributed by atoms with Crippen molar-refractivity contribution in [1.82, 2.24) is 10.3 Å². The van der Waals surface area contributed by atoms with Crippen LogP contribution in [0.15, 0.2) is 6.07 Å². The molecule has 1 aromatic rings. The lowest BCUT2D eigenvalue weighted by Gasteiger charge is -2.22. The van der Waals surface area contributed by atoms with E-state index in [2.05, 4.69) is 10.3 Å². The molecule has 0 fully saturated rings. The van der Waals surface area contributed by atoms with Gasteiger partial charge in [0.1, 0.15) is 0 Å². The lowest BCUT2D eigenvalue weighted by molar-refractivity contribution is -0.139. The van der Waals surface area contributed by atoms with Gasteiger partial charge in [0.25, 0.3) is 0 Å². The number of hydrogen-bond donors (Lipinski definition) is 1. The highest BCUT2D eigenvalue weighted by molar-refractivity contribution is 5.36. The van der Waals surface area contributed by atoms with E-state index in [-0.39, 0.29) is 11.4 Å². The van der Waals surface area contributed by atoms with Crippen molar-refractivity contribution < 1.29 is 17.9 Å². The molecule has 0 radical (unpaired) electrons. The predicted octanol–water partition coefficient (Wildman–Crippen LogP) is 3.92. The minimum atomic E-state index is -4.22. The third kappa shape index (κ3) is 6.80. The van der Waals surface area contributed by atoms with Gasteiger partial charge < -0.3 is 10.1 Å². The summed E-state index contributed by atoms with van der Waals surface area (Å²) in [5.74, 6) is 0.286. The molecular formula is C15H23F3N2O. The number of ether oxygens (including phenoxy) is 1. The minimum absolute atomic E-state index is 0.0967. The fourth-order valence-electron chi connectivity index (χ4n) is 1.78. The van der Waals surface area contributed by atoms with Crippen LogP contribution in [-0.2, 0) is 6.54 Å². The van der Waals surface area contributed by atoms with Crippen LogP contribution in [0.25, 0.3) is 0 Å². The van der Waals surface area contributed by atoms with Crippen molar-refractivity contribution in [3.63, 3.8) is 0 Å². The number of hydrogen-bond acceptors (Lipinski definition) is 3. The fourth-order valence-corrected chi connectivity index (χ4v) is 1.78. The van der Waals surface area contributed by atoms with Crippen LogP contribution in [0.4, 0.5) is 13.2 Å². The van der Waals surface area contributed by atoms with E-state index in [0.717, 1.165) is 16.8 Å². The first-order chi connectivity index (χ1) is 9.48. The maximum atomic E-state index is 12.2. The molecule has 1 aromatic heterocycles. The monoisotopic (exact) mass is 304 g/mol. The molecule has 120 valence electrons. The van der Waals surface area contributed by atoms with Gasteiger partial charge in [-0.15, -0.1) is 0 Å². The smallest absolute Gasteiger partial charge is 0.392 e. The molecule has 0 atom stereocenters. The summed E-state index contributed by atoms with van der Waals surface area (Å²) in [6.45, 7) is 9.86. The van der Waals surface area contributed by atoms with Crippen molar-refractivity contribution >= 4 is 0 Å². The van der Waals surface area contributed by atoms with Gasteiger partial charge in [-0.3, -0.25) is 0 Å². The lowest BCUT2D eigenvalue weighted by atomic mass is 10.1. The summed E-state index contributed by atoms with van der Waals surface area (Å²) in [5.41, 5.74) is 2.40. The summed E-state index contributed by atoms with van der Waals surface area (Å²) in [6.07, 6.45) is -5.20. The summed E-state index contributed by atoms with van der Waals surface area (Å²) in [7, 11) is 0. The SMILES string of the molecule is Cc1cc(C)c(CNC(C)(C)C)c(OCCC(F)(F)F)n1. The summed E-state index contributed by atoms with van der Waals surface area (Å²) in [6, 6.07) is 1.90. The van der Waals surface area contributed by atoms with Crippen LogP contribution in [0.2, 0.25) is 0 Å². The number of pyridine rings is 1. The Morgan fingerprint density at radius 2 is 1.81 bits per heavy atom. The van der Waals surface area contributed by atoms with E-state index in [4.69, 9.17) is 4.74 Å². The first-order valence-electron chi connectivity index (χ1n) is 6.89. The van der Waals surface area contributed by atoms with Gasteiger partial charge in [-0.05, 0) is 46.2 Å². The fraction of sp³-hybridized carbons (Fsp3) is 0.667. The zero-order chi connectivity index (χ0) is 16.3. The molecule has 0 amide bonds. The maximum Gasteiger partial charge on any atom is 0.392 e. The normalized spacial score (nSPS) is 12.6. The number of nitrogens with one attached hydrogen (secondary N) is 1. The quantitative estimate of drug-likeness (QED) is 0.895. The van der Waals surface area contributed by atoms with Crippen LogP contribution in [0, 0.1) is 13.8 Å². The molecule has 0 aliphatic carbocycles. The van der Waals surface area contributed by atoms with Crippen molar-refractivity contribution in [3.05, 3.63) is 22.9 Å². The minimum Gasteiger partial charge on any atom is -0.477 e. The first-order valence-corrected chi connectivity index (χ1v) is 6.89. The van der Waals surface area contributed by atoms with Gasteiger partial charge in [-0.2, -0.15) is 13.2 Å². The van der Waals surface area contributed by atoms with E-state index in [1.165, 1.54) is 0 Å². The highest BCUT2D eigenvalue weighted by Crippen LogP contribution is 2.24. The van der Waals surface area contributed by atoms with Crippen molar-refractivity contribution in [2.24, 2.45) is 0 Å². The van der Waals surface area contributed by atoms with Gasteiger partial charge in [0.2, 0.25) is 5.88 Å². The molecule has 1 N–H and O–H groups in total. The van der Waals surface area contributed by atoms with Crippen molar-refractivity contribution in [2.45, 2.75) is 59.3 Å². The maximum absolute atomic E-state index is 12.2. The number of rotatable bonds is 5. The highest BCUT2D eigenvalue weighted by Gasteiger charge is 2.27. The Morgan fingerprint density at radius 3 is 2.33 bits per heavy atom. The van der Waals surface area contributed by atoms with Gasteiger partial charge in [0, 0.05) is 23.3 Å². The molecule has 1 rings (SSSR count). The number of halogens is 3. The standard InChI is InChI=1S/C15H23F3N2O/c1-10-8-11(2)20-13(21-7-6-15(16,17)18)12(10)9-19-14(3,4)5/h8,19H,6-7,9H2,1-5H3. The van der Waals surface area contributed by atoms with Crippen LogP contribution in [0.5, 0.6) is 5.88 Å². The molecule has 3 nitrogen and oxygen atoms in total. The second-order valence-corrected chi connectivity index (χ2v) is 6.18. The Hall–Kier alpha value is -1.30. The van der Waals surface area contributed by atoms with Crippen LogP contribution in [0.1, 0.15) is 44.0 Å². The average Bonchev–Trinajstić information content (AvgIpc) is 2.24. The summed E-state index contributed by atoms with van der Waals surface area (Å²) < 4.78 is 41.9.